The average Bonchev–Trinajstić information content (AvgIpc) is 2.85. The summed E-state index contributed by atoms with van der Waals surface area (Å²) in [7, 11) is 0. The van der Waals surface area contributed by atoms with Crippen LogP contribution < -0.4 is 5.32 Å². The number of hydrogen-bond acceptors (Lipinski definition) is 4. The van der Waals surface area contributed by atoms with Crippen molar-refractivity contribution in [3.05, 3.63) is 42.2 Å². The first kappa shape index (κ1) is 12.0. The fourth-order valence-corrected chi connectivity index (χ4v) is 1.44. The molecule has 0 unspecified atom stereocenters. The maximum absolute atomic E-state index is 11.6. The fraction of sp³-hybridized carbons (Fsp3) is 0.167. The molecule has 0 radical (unpaired) electrons. The molecule has 0 saturated heterocycles. The van der Waals surface area contributed by atoms with E-state index in [4.69, 9.17) is 0 Å². The summed E-state index contributed by atoms with van der Waals surface area (Å²) in [4.78, 5) is 22.0. The molecule has 18 heavy (non-hydrogen) atoms. The van der Waals surface area contributed by atoms with E-state index in [-0.39, 0.29) is 18.0 Å². The van der Waals surface area contributed by atoms with Gasteiger partial charge in [-0.3, -0.25) is 14.3 Å². The summed E-state index contributed by atoms with van der Waals surface area (Å²) < 4.78 is 1.47. The third-order valence-electron chi connectivity index (χ3n) is 2.30. The van der Waals surface area contributed by atoms with Gasteiger partial charge in [0.05, 0.1) is 12.7 Å². The minimum atomic E-state index is -0.107. The molecule has 0 aliphatic rings. The zero-order chi connectivity index (χ0) is 12.8. The Morgan fingerprint density at radius 1 is 1.33 bits per heavy atom. The summed E-state index contributed by atoms with van der Waals surface area (Å²) in [5, 5.41) is 10.1. The van der Waals surface area contributed by atoms with Crippen molar-refractivity contribution in [1.29, 1.82) is 0 Å². The zero-order valence-electron chi connectivity index (χ0n) is 9.61. The molecule has 0 bridgehead atoms. The number of benzene rings is 1. The van der Waals surface area contributed by atoms with Crippen LogP contribution in [0, 0.1) is 0 Å². The highest BCUT2D eigenvalue weighted by Crippen LogP contribution is 2.05. The Labute approximate surface area is 104 Å². The van der Waals surface area contributed by atoms with E-state index < -0.39 is 0 Å². The molecular weight excluding hydrogens is 232 g/mol. The maximum Gasteiger partial charge on any atom is 0.226 e. The first-order valence-corrected chi connectivity index (χ1v) is 5.48. The first-order chi connectivity index (χ1) is 8.78. The van der Waals surface area contributed by atoms with Crippen LogP contribution in [0.4, 0.5) is 5.69 Å². The SMILES string of the molecule is O=Cc1cn(CCC(=O)Nc2ccccc2)nn1. The number of aryl methyl sites for hydroxylation is 1. The Morgan fingerprint density at radius 3 is 2.78 bits per heavy atom. The molecule has 6 nitrogen and oxygen atoms in total. The van der Waals surface area contributed by atoms with Crippen LogP contribution >= 0.6 is 0 Å². The van der Waals surface area contributed by atoms with E-state index in [9.17, 15) is 9.59 Å². The summed E-state index contributed by atoms with van der Waals surface area (Å²) in [6.07, 6.45) is 2.40. The van der Waals surface area contributed by atoms with Crippen LogP contribution in [-0.4, -0.2) is 27.2 Å². The predicted octanol–water partition coefficient (Wildman–Crippen LogP) is 1.12. The number of aromatic nitrogens is 3. The molecule has 0 atom stereocenters. The van der Waals surface area contributed by atoms with Gasteiger partial charge in [0.15, 0.2) is 6.29 Å². The smallest absolute Gasteiger partial charge is 0.226 e. The number of carbonyl (C=O) groups excluding carboxylic acids is 2. The molecule has 6 heteroatoms. The molecule has 2 rings (SSSR count). The predicted molar refractivity (Wildman–Crippen MR) is 65.1 cm³/mol. The number of hydrogen-bond donors (Lipinski definition) is 1. The van der Waals surface area contributed by atoms with Gasteiger partial charge in [-0.25, -0.2) is 0 Å². The lowest BCUT2D eigenvalue weighted by Crippen LogP contribution is -2.14. The summed E-state index contributed by atoms with van der Waals surface area (Å²) in [6.45, 7) is 0.388. The molecule has 1 amide bonds. The van der Waals surface area contributed by atoms with Gasteiger partial charge in [0, 0.05) is 12.1 Å². The maximum atomic E-state index is 11.6. The fourth-order valence-electron chi connectivity index (χ4n) is 1.44. The quantitative estimate of drug-likeness (QED) is 0.799. The number of nitrogens with zero attached hydrogens (tertiary/aromatic N) is 3. The van der Waals surface area contributed by atoms with Gasteiger partial charge in [0.25, 0.3) is 0 Å². The largest absolute Gasteiger partial charge is 0.326 e. The third-order valence-corrected chi connectivity index (χ3v) is 2.30. The van der Waals surface area contributed by atoms with Crippen LogP contribution in [0.25, 0.3) is 0 Å². The lowest BCUT2D eigenvalue weighted by atomic mass is 10.3. The van der Waals surface area contributed by atoms with Crippen molar-refractivity contribution in [2.75, 3.05) is 5.32 Å². The minimum Gasteiger partial charge on any atom is -0.326 e. The highest BCUT2D eigenvalue weighted by Gasteiger charge is 2.04. The van der Waals surface area contributed by atoms with Crippen molar-refractivity contribution >= 4 is 17.9 Å². The first-order valence-electron chi connectivity index (χ1n) is 5.48. The van der Waals surface area contributed by atoms with Gasteiger partial charge >= 0.3 is 0 Å². The van der Waals surface area contributed by atoms with Gasteiger partial charge in [-0.2, -0.15) is 0 Å². The summed E-state index contributed by atoms with van der Waals surface area (Å²) in [6, 6.07) is 9.22. The molecule has 0 aliphatic carbocycles. The summed E-state index contributed by atoms with van der Waals surface area (Å²) in [5.74, 6) is -0.107. The molecule has 1 aromatic carbocycles. The van der Waals surface area contributed by atoms with Crippen LogP contribution in [0.2, 0.25) is 0 Å². The van der Waals surface area contributed by atoms with E-state index in [0.29, 0.717) is 12.8 Å². The molecule has 92 valence electrons. The standard InChI is InChI=1S/C12H12N4O2/c17-9-11-8-16(15-14-11)7-6-12(18)13-10-4-2-1-3-5-10/h1-5,8-9H,6-7H2,(H,13,18). The second-order valence-electron chi connectivity index (χ2n) is 3.69. The Bertz CT molecular complexity index is 536. The van der Waals surface area contributed by atoms with Crippen LogP contribution in [0.15, 0.2) is 36.5 Å². The Morgan fingerprint density at radius 2 is 2.11 bits per heavy atom. The van der Waals surface area contributed by atoms with Gasteiger partial charge in [0.1, 0.15) is 5.69 Å². The number of para-hydroxylation sites is 1. The number of anilines is 1. The third kappa shape index (κ3) is 3.24. The van der Waals surface area contributed by atoms with E-state index in [1.807, 2.05) is 30.3 Å². The minimum absolute atomic E-state index is 0.107. The highest BCUT2D eigenvalue weighted by molar-refractivity contribution is 5.90. The van der Waals surface area contributed by atoms with Crippen molar-refractivity contribution in [3.8, 4) is 0 Å². The molecule has 0 spiro atoms. The van der Waals surface area contributed by atoms with Gasteiger partial charge in [-0.05, 0) is 12.1 Å². The lowest BCUT2D eigenvalue weighted by molar-refractivity contribution is -0.116. The van der Waals surface area contributed by atoms with E-state index in [2.05, 4.69) is 15.6 Å². The van der Waals surface area contributed by atoms with Crippen LogP contribution in [-0.2, 0) is 11.3 Å². The Kier molecular flexibility index (Phi) is 3.80. The number of nitrogens with one attached hydrogen (secondary N) is 1. The molecule has 0 saturated carbocycles. The molecular formula is C12H12N4O2. The van der Waals surface area contributed by atoms with Crippen molar-refractivity contribution in [2.45, 2.75) is 13.0 Å². The highest BCUT2D eigenvalue weighted by atomic mass is 16.1. The van der Waals surface area contributed by atoms with Crippen molar-refractivity contribution < 1.29 is 9.59 Å². The monoisotopic (exact) mass is 244 g/mol. The molecule has 0 aliphatic heterocycles. The molecule has 1 heterocycles. The second-order valence-corrected chi connectivity index (χ2v) is 3.69. The lowest BCUT2D eigenvalue weighted by Gasteiger charge is -2.04. The van der Waals surface area contributed by atoms with Gasteiger partial charge < -0.3 is 5.32 Å². The van der Waals surface area contributed by atoms with E-state index in [1.54, 1.807) is 0 Å². The van der Waals surface area contributed by atoms with Gasteiger partial charge in [-0.15, -0.1) is 5.10 Å². The van der Waals surface area contributed by atoms with E-state index >= 15 is 0 Å². The summed E-state index contributed by atoms with van der Waals surface area (Å²) in [5.41, 5.74) is 1.02. The second kappa shape index (κ2) is 5.72. The number of aldehydes is 1. The number of amides is 1. The van der Waals surface area contributed by atoms with Crippen molar-refractivity contribution in [3.63, 3.8) is 0 Å². The van der Waals surface area contributed by atoms with Crippen LogP contribution in [0.3, 0.4) is 0 Å². The van der Waals surface area contributed by atoms with Gasteiger partial charge in [0.2, 0.25) is 5.91 Å². The van der Waals surface area contributed by atoms with Crippen molar-refractivity contribution in [2.24, 2.45) is 0 Å². The Balaban J connectivity index is 1.83. The van der Waals surface area contributed by atoms with E-state index in [0.717, 1.165) is 5.69 Å². The van der Waals surface area contributed by atoms with E-state index in [1.165, 1.54) is 10.9 Å². The molecule has 1 aromatic heterocycles. The molecule has 0 fully saturated rings. The van der Waals surface area contributed by atoms with Gasteiger partial charge in [-0.1, -0.05) is 23.4 Å². The number of carbonyl (C=O) groups is 2. The summed E-state index contributed by atoms with van der Waals surface area (Å²) >= 11 is 0. The molecule has 1 N–H and O–H groups in total. The normalized spacial score (nSPS) is 10.0. The zero-order valence-corrected chi connectivity index (χ0v) is 9.61. The van der Waals surface area contributed by atoms with Crippen molar-refractivity contribution in [1.82, 2.24) is 15.0 Å². The molecule has 2 aromatic rings. The Hall–Kier alpha value is -2.50. The topological polar surface area (TPSA) is 76.9 Å². The van der Waals surface area contributed by atoms with Crippen LogP contribution in [0.1, 0.15) is 16.9 Å². The number of rotatable bonds is 5. The van der Waals surface area contributed by atoms with Crippen LogP contribution in [0.5, 0.6) is 0 Å². The average molecular weight is 244 g/mol.